The monoisotopic (exact) mass is 239 g/mol. The zero-order valence-corrected chi connectivity index (χ0v) is 9.98. The summed E-state index contributed by atoms with van der Waals surface area (Å²) in [5.41, 5.74) is 5.23. The SMILES string of the molecule is CC[C@H](C)[C@@H](OP(=O)(O)[C@H](C)N)C(=O)O. The Labute approximate surface area is 89.0 Å². The largest absolute Gasteiger partial charge is 0.479 e. The van der Waals surface area contributed by atoms with Crippen LogP contribution < -0.4 is 5.73 Å². The molecule has 15 heavy (non-hydrogen) atoms. The summed E-state index contributed by atoms with van der Waals surface area (Å²) >= 11 is 0. The molecule has 0 fully saturated rings. The molecule has 0 bridgehead atoms. The van der Waals surface area contributed by atoms with Gasteiger partial charge in [-0.15, -0.1) is 0 Å². The Morgan fingerprint density at radius 3 is 2.27 bits per heavy atom. The minimum atomic E-state index is -4.04. The predicted molar refractivity (Wildman–Crippen MR) is 55.4 cm³/mol. The molecular formula is C8H18NO5P. The fourth-order valence-electron chi connectivity index (χ4n) is 0.865. The van der Waals surface area contributed by atoms with Gasteiger partial charge < -0.3 is 15.7 Å². The van der Waals surface area contributed by atoms with Gasteiger partial charge in [-0.1, -0.05) is 20.3 Å². The minimum Gasteiger partial charge on any atom is -0.479 e. The zero-order chi connectivity index (χ0) is 12.2. The topological polar surface area (TPSA) is 110 Å². The fourth-order valence-corrected chi connectivity index (χ4v) is 1.68. The molecule has 4 N–H and O–H groups in total. The molecule has 0 radical (unpaired) electrons. The molecule has 90 valence electrons. The van der Waals surface area contributed by atoms with Gasteiger partial charge in [0.05, 0.1) is 0 Å². The number of hydrogen-bond donors (Lipinski definition) is 3. The smallest absolute Gasteiger partial charge is 0.345 e. The van der Waals surface area contributed by atoms with Crippen LogP contribution in [-0.4, -0.2) is 27.9 Å². The van der Waals surface area contributed by atoms with E-state index in [1.165, 1.54) is 6.92 Å². The van der Waals surface area contributed by atoms with E-state index in [0.717, 1.165) is 0 Å². The second kappa shape index (κ2) is 5.61. The summed E-state index contributed by atoms with van der Waals surface area (Å²) in [4.78, 5) is 20.1. The fraction of sp³-hybridized carbons (Fsp3) is 0.875. The van der Waals surface area contributed by atoms with E-state index >= 15 is 0 Å². The van der Waals surface area contributed by atoms with Gasteiger partial charge >= 0.3 is 13.6 Å². The van der Waals surface area contributed by atoms with Crippen molar-refractivity contribution >= 4 is 13.6 Å². The summed E-state index contributed by atoms with van der Waals surface area (Å²) < 4.78 is 16.1. The second-order valence-electron chi connectivity index (χ2n) is 3.55. The highest BCUT2D eigenvalue weighted by molar-refractivity contribution is 7.53. The van der Waals surface area contributed by atoms with Crippen LogP contribution in [-0.2, 0) is 13.9 Å². The van der Waals surface area contributed by atoms with Crippen LogP contribution in [0.5, 0.6) is 0 Å². The average molecular weight is 239 g/mol. The highest BCUT2D eigenvalue weighted by Gasteiger charge is 2.35. The molecule has 0 saturated heterocycles. The molecule has 0 heterocycles. The van der Waals surface area contributed by atoms with Crippen molar-refractivity contribution < 1.29 is 23.9 Å². The highest BCUT2D eigenvalue weighted by Crippen LogP contribution is 2.47. The maximum absolute atomic E-state index is 11.4. The molecule has 0 rings (SSSR count). The van der Waals surface area contributed by atoms with Gasteiger partial charge in [-0.2, -0.15) is 0 Å². The van der Waals surface area contributed by atoms with E-state index in [9.17, 15) is 14.3 Å². The second-order valence-corrected chi connectivity index (χ2v) is 5.71. The van der Waals surface area contributed by atoms with Crippen molar-refractivity contribution in [2.45, 2.75) is 39.1 Å². The molecule has 0 aromatic heterocycles. The quantitative estimate of drug-likeness (QED) is 0.596. The molecule has 0 saturated carbocycles. The maximum Gasteiger partial charge on any atom is 0.345 e. The molecule has 0 aliphatic heterocycles. The summed E-state index contributed by atoms with van der Waals surface area (Å²) in [6, 6.07) is 0. The van der Waals surface area contributed by atoms with E-state index < -0.39 is 25.5 Å². The Morgan fingerprint density at radius 2 is 2.00 bits per heavy atom. The lowest BCUT2D eigenvalue weighted by molar-refractivity contribution is -0.148. The Bertz CT molecular complexity index is 268. The van der Waals surface area contributed by atoms with Crippen molar-refractivity contribution in [3.8, 4) is 0 Å². The third-order valence-electron chi connectivity index (χ3n) is 2.18. The number of aliphatic carboxylic acids is 1. The Morgan fingerprint density at radius 1 is 1.53 bits per heavy atom. The molecule has 0 aliphatic rings. The average Bonchev–Trinajstić information content (AvgIpc) is 2.12. The third-order valence-corrected chi connectivity index (χ3v) is 3.74. The van der Waals surface area contributed by atoms with Crippen molar-refractivity contribution in [2.24, 2.45) is 11.7 Å². The molecule has 7 heteroatoms. The van der Waals surface area contributed by atoms with Crippen LogP contribution in [0.15, 0.2) is 0 Å². The van der Waals surface area contributed by atoms with Crippen molar-refractivity contribution in [1.82, 2.24) is 0 Å². The lowest BCUT2D eigenvalue weighted by Crippen LogP contribution is -2.32. The first-order valence-electron chi connectivity index (χ1n) is 4.71. The van der Waals surface area contributed by atoms with Gasteiger partial charge in [0.25, 0.3) is 0 Å². The standard InChI is InChI=1S/C8H18NO5P/c1-4-5(2)7(8(10)11)14-15(12,13)6(3)9/h5-7H,4,9H2,1-3H3,(H,10,11)(H,12,13)/t5-,6+,7+/m0/s1. The number of hydrogen-bond acceptors (Lipinski definition) is 4. The van der Waals surface area contributed by atoms with Crippen molar-refractivity contribution in [2.75, 3.05) is 0 Å². The Kier molecular flexibility index (Phi) is 5.45. The van der Waals surface area contributed by atoms with Crippen LogP contribution >= 0.6 is 7.60 Å². The van der Waals surface area contributed by atoms with Gasteiger partial charge in [0.15, 0.2) is 6.10 Å². The minimum absolute atomic E-state index is 0.346. The molecule has 0 aromatic carbocycles. The first-order chi connectivity index (χ1) is 6.72. The number of carboxylic acid groups (broad SMARTS) is 1. The Hall–Kier alpha value is -0.420. The summed E-state index contributed by atoms with van der Waals surface area (Å²) in [5.74, 6) is -2.69. The number of rotatable bonds is 6. The lowest BCUT2D eigenvalue weighted by Gasteiger charge is -2.23. The van der Waals surface area contributed by atoms with E-state index in [-0.39, 0.29) is 5.92 Å². The van der Waals surface area contributed by atoms with Crippen LogP contribution in [0, 0.1) is 5.92 Å². The number of carboxylic acids is 1. The van der Waals surface area contributed by atoms with Gasteiger partial charge in [0.2, 0.25) is 0 Å². The number of nitrogens with two attached hydrogens (primary N) is 1. The highest BCUT2D eigenvalue weighted by atomic mass is 31.2. The lowest BCUT2D eigenvalue weighted by atomic mass is 10.0. The molecule has 6 nitrogen and oxygen atoms in total. The van der Waals surface area contributed by atoms with Crippen LogP contribution in [0.2, 0.25) is 0 Å². The first-order valence-corrected chi connectivity index (χ1v) is 6.36. The maximum atomic E-state index is 11.4. The Balaban J connectivity index is 4.70. The van der Waals surface area contributed by atoms with E-state index in [2.05, 4.69) is 0 Å². The molecule has 0 spiro atoms. The van der Waals surface area contributed by atoms with Gasteiger partial charge in [-0.25, -0.2) is 4.79 Å². The van der Waals surface area contributed by atoms with Crippen LogP contribution in [0.4, 0.5) is 0 Å². The van der Waals surface area contributed by atoms with E-state index in [1.807, 2.05) is 0 Å². The molecule has 0 aliphatic carbocycles. The van der Waals surface area contributed by atoms with Crippen LogP contribution in [0.1, 0.15) is 27.2 Å². The van der Waals surface area contributed by atoms with E-state index in [1.54, 1.807) is 13.8 Å². The summed E-state index contributed by atoms with van der Waals surface area (Å²) in [7, 11) is -4.04. The van der Waals surface area contributed by atoms with Crippen molar-refractivity contribution in [3.05, 3.63) is 0 Å². The molecule has 4 atom stereocenters. The molecule has 1 unspecified atom stereocenters. The zero-order valence-electron chi connectivity index (χ0n) is 9.08. The molecular weight excluding hydrogens is 221 g/mol. The number of carbonyl (C=O) groups is 1. The van der Waals surface area contributed by atoms with Gasteiger partial charge in [0, 0.05) is 0 Å². The van der Waals surface area contributed by atoms with Crippen LogP contribution in [0.25, 0.3) is 0 Å². The van der Waals surface area contributed by atoms with Crippen LogP contribution in [0.3, 0.4) is 0 Å². The molecule has 0 aromatic rings. The van der Waals surface area contributed by atoms with Gasteiger partial charge in [-0.05, 0) is 12.8 Å². The van der Waals surface area contributed by atoms with Gasteiger partial charge in [0.1, 0.15) is 5.78 Å². The first kappa shape index (κ1) is 14.6. The molecule has 0 amide bonds. The van der Waals surface area contributed by atoms with Gasteiger partial charge in [-0.3, -0.25) is 9.09 Å². The summed E-state index contributed by atoms with van der Waals surface area (Å²) in [6.45, 7) is 4.72. The predicted octanol–water partition coefficient (Wildman–Crippen LogP) is 0.992. The van der Waals surface area contributed by atoms with Crippen molar-refractivity contribution in [1.29, 1.82) is 0 Å². The summed E-state index contributed by atoms with van der Waals surface area (Å²) in [6.07, 6.45) is -0.757. The summed E-state index contributed by atoms with van der Waals surface area (Å²) in [5, 5.41) is 8.82. The van der Waals surface area contributed by atoms with E-state index in [4.69, 9.17) is 15.4 Å². The van der Waals surface area contributed by atoms with E-state index in [0.29, 0.717) is 6.42 Å². The normalized spacial score (nSPS) is 21.4. The third kappa shape index (κ3) is 4.30. The van der Waals surface area contributed by atoms with Crippen molar-refractivity contribution in [3.63, 3.8) is 0 Å².